The first-order chi connectivity index (χ1) is 48.3. The van der Waals surface area contributed by atoms with Gasteiger partial charge in [0.1, 0.15) is 19.3 Å². The molecule has 0 heterocycles. The second-order valence-electron chi connectivity index (χ2n) is 30.4. The van der Waals surface area contributed by atoms with Crippen molar-refractivity contribution in [3.05, 3.63) is 0 Å². The third-order valence-corrected chi connectivity index (χ3v) is 21.1. The molecule has 0 rings (SSSR count). The molecule has 0 fully saturated rings. The van der Waals surface area contributed by atoms with Crippen LogP contribution in [0.25, 0.3) is 0 Å². The molecule has 0 amide bonds. The number of aliphatic hydroxyl groups excluding tert-OH is 1. The summed E-state index contributed by atoms with van der Waals surface area (Å²) in [5.41, 5.74) is 0. The SMILES string of the molecule is CCCCCCCCCCCCCCCCCCCC(=O)OC[C@H](COP(=O)(O)OC[C@@H](O)COP(=O)(O)OC[C@@H](COC(=O)CCCCCCCCC(C)CC)OC(=O)CCCCCCCCCCCC(C)C)OC(=O)CCCCCCCCCCCCCCCCCCCCC(C)C. The van der Waals surface area contributed by atoms with Crippen molar-refractivity contribution in [2.75, 3.05) is 39.6 Å². The Morgan fingerprint density at radius 1 is 0.290 bits per heavy atom. The van der Waals surface area contributed by atoms with Crippen molar-refractivity contribution in [2.45, 2.75) is 439 Å². The fraction of sp³-hybridized carbons (Fsp3) is 0.951. The number of phosphoric acid groups is 2. The second kappa shape index (κ2) is 71.3. The van der Waals surface area contributed by atoms with Crippen molar-refractivity contribution in [1.29, 1.82) is 0 Å². The van der Waals surface area contributed by atoms with Gasteiger partial charge in [-0.15, -0.1) is 0 Å². The number of esters is 4. The van der Waals surface area contributed by atoms with Crippen molar-refractivity contribution in [3.63, 3.8) is 0 Å². The molecule has 0 aromatic heterocycles. The Balaban J connectivity index is 5.22. The maximum absolute atomic E-state index is 13.1. The highest BCUT2D eigenvalue weighted by molar-refractivity contribution is 7.47. The fourth-order valence-electron chi connectivity index (χ4n) is 12.5. The lowest BCUT2D eigenvalue weighted by Crippen LogP contribution is -2.30. The summed E-state index contributed by atoms with van der Waals surface area (Å²) in [5, 5.41) is 10.6. The molecule has 0 aliphatic rings. The number of unbranched alkanes of at least 4 members (excludes halogenated alkanes) is 46. The van der Waals surface area contributed by atoms with Crippen LogP contribution >= 0.6 is 15.6 Å². The molecular weight excluding hydrogens is 1310 g/mol. The minimum atomic E-state index is -4.96. The van der Waals surface area contributed by atoms with E-state index in [4.69, 9.17) is 37.0 Å². The number of carbonyl (C=O) groups is 4. The lowest BCUT2D eigenvalue weighted by atomic mass is 10.00. The maximum atomic E-state index is 13.1. The largest absolute Gasteiger partial charge is 0.472 e. The third kappa shape index (κ3) is 73.0. The molecule has 0 aliphatic carbocycles. The molecule has 17 nitrogen and oxygen atoms in total. The number of aliphatic hydroxyl groups is 1. The number of hydrogen-bond donors (Lipinski definition) is 3. The standard InChI is InChI=1S/C81H158O17P2/c1-8-10-11-12-13-14-15-16-17-20-24-27-30-35-40-48-55-62-78(83)91-68-76(97-80(85)64-57-50-41-36-31-28-25-22-19-18-21-23-26-29-33-38-45-52-59-72(3)4)70-95-99(87,88)93-66-75(82)67-94-100(89,90)96-71-77(69-92-79(84)63-56-49-44-43-47-54-61-74(7)9-2)98-81(86)65-58-51-42-37-32-34-39-46-53-60-73(5)6/h72-77,82H,8-71H2,1-7H3,(H,87,88)(H,89,90)/t74?,75-,76-,77-/m1/s1. The molecule has 6 atom stereocenters. The molecule has 0 radical (unpaired) electrons. The van der Waals surface area contributed by atoms with Crippen LogP contribution in [0.2, 0.25) is 0 Å². The van der Waals surface area contributed by atoms with E-state index >= 15 is 0 Å². The normalized spacial score (nSPS) is 14.2. The number of carbonyl (C=O) groups excluding carboxylic acids is 4. The molecule has 100 heavy (non-hydrogen) atoms. The van der Waals surface area contributed by atoms with Gasteiger partial charge in [-0.3, -0.25) is 37.3 Å². The monoisotopic (exact) mass is 1470 g/mol. The minimum Gasteiger partial charge on any atom is -0.462 e. The highest BCUT2D eigenvalue weighted by atomic mass is 31.2. The zero-order valence-electron chi connectivity index (χ0n) is 65.7. The van der Waals surface area contributed by atoms with E-state index in [0.717, 1.165) is 114 Å². The van der Waals surface area contributed by atoms with E-state index in [2.05, 4.69) is 48.5 Å². The Hall–Kier alpha value is -1.94. The quantitative estimate of drug-likeness (QED) is 0.0222. The van der Waals surface area contributed by atoms with Crippen molar-refractivity contribution in [3.8, 4) is 0 Å². The predicted octanol–water partition coefficient (Wildman–Crippen LogP) is 24.1. The Bertz CT molecular complexity index is 1940. The van der Waals surface area contributed by atoms with Gasteiger partial charge in [-0.05, 0) is 43.4 Å². The lowest BCUT2D eigenvalue weighted by molar-refractivity contribution is -0.161. The minimum absolute atomic E-state index is 0.104. The lowest BCUT2D eigenvalue weighted by Gasteiger charge is -2.21. The Labute approximate surface area is 613 Å². The Morgan fingerprint density at radius 3 is 0.760 bits per heavy atom. The summed E-state index contributed by atoms with van der Waals surface area (Å²) in [6.07, 6.45) is 59.8. The predicted molar refractivity (Wildman–Crippen MR) is 409 cm³/mol. The molecule has 0 aromatic carbocycles. The summed E-state index contributed by atoms with van der Waals surface area (Å²) in [6.45, 7) is 11.9. The van der Waals surface area contributed by atoms with Gasteiger partial charge in [0.2, 0.25) is 0 Å². The molecule has 0 saturated heterocycles. The molecule has 0 bridgehead atoms. The van der Waals surface area contributed by atoms with E-state index in [0.29, 0.717) is 25.7 Å². The molecule has 19 heteroatoms. The van der Waals surface area contributed by atoms with E-state index in [1.54, 1.807) is 0 Å². The molecule has 0 aromatic rings. The smallest absolute Gasteiger partial charge is 0.462 e. The van der Waals surface area contributed by atoms with Gasteiger partial charge in [-0.1, -0.05) is 370 Å². The van der Waals surface area contributed by atoms with Crippen molar-refractivity contribution in [1.82, 2.24) is 0 Å². The summed E-state index contributed by atoms with van der Waals surface area (Å²) >= 11 is 0. The average molecular weight is 1470 g/mol. The fourth-order valence-corrected chi connectivity index (χ4v) is 14.0. The number of rotatable bonds is 79. The maximum Gasteiger partial charge on any atom is 0.472 e. The highest BCUT2D eigenvalue weighted by Crippen LogP contribution is 2.45. The summed E-state index contributed by atoms with van der Waals surface area (Å²) in [4.78, 5) is 73.0. The van der Waals surface area contributed by atoms with E-state index in [1.807, 2.05) is 0 Å². The van der Waals surface area contributed by atoms with Crippen LogP contribution in [0, 0.1) is 17.8 Å². The van der Waals surface area contributed by atoms with Crippen molar-refractivity contribution in [2.24, 2.45) is 17.8 Å². The van der Waals surface area contributed by atoms with E-state index in [9.17, 15) is 43.2 Å². The molecule has 0 aliphatic heterocycles. The van der Waals surface area contributed by atoms with E-state index in [1.165, 1.54) is 225 Å². The van der Waals surface area contributed by atoms with Gasteiger partial charge in [-0.2, -0.15) is 0 Å². The van der Waals surface area contributed by atoms with Crippen molar-refractivity contribution < 1.29 is 80.2 Å². The van der Waals surface area contributed by atoms with Gasteiger partial charge in [0.25, 0.3) is 0 Å². The van der Waals surface area contributed by atoms with Crippen LogP contribution in [0.4, 0.5) is 0 Å². The zero-order chi connectivity index (χ0) is 73.7. The molecular formula is C81H158O17P2. The van der Waals surface area contributed by atoms with Gasteiger partial charge < -0.3 is 33.8 Å². The Morgan fingerprint density at radius 2 is 0.510 bits per heavy atom. The topological polar surface area (TPSA) is 237 Å². The van der Waals surface area contributed by atoms with Crippen LogP contribution in [-0.4, -0.2) is 96.7 Å². The summed E-state index contributed by atoms with van der Waals surface area (Å²) in [7, 11) is -9.92. The van der Waals surface area contributed by atoms with Crippen LogP contribution in [0.15, 0.2) is 0 Å². The molecule has 0 saturated carbocycles. The summed E-state index contributed by atoms with van der Waals surface area (Å²) in [5.74, 6) is 0.174. The molecule has 3 N–H and O–H groups in total. The van der Waals surface area contributed by atoms with Crippen LogP contribution in [0.1, 0.15) is 421 Å². The third-order valence-electron chi connectivity index (χ3n) is 19.2. The summed E-state index contributed by atoms with van der Waals surface area (Å²) in [6, 6.07) is 0. The van der Waals surface area contributed by atoms with Gasteiger partial charge in [0, 0.05) is 25.7 Å². The Kier molecular flexibility index (Phi) is 69.9. The van der Waals surface area contributed by atoms with Crippen LogP contribution in [-0.2, 0) is 65.4 Å². The van der Waals surface area contributed by atoms with Crippen LogP contribution in [0.3, 0.4) is 0 Å². The molecule has 0 spiro atoms. The highest BCUT2D eigenvalue weighted by Gasteiger charge is 2.30. The first kappa shape index (κ1) is 98.1. The first-order valence-electron chi connectivity index (χ1n) is 41.9. The van der Waals surface area contributed by atoms with Crippen LogP contribution in [0.5, 0.6) is 0 Å². The zero-order valence-corrected chi connectivity index (χ0v) is 67.5. The van der Waals surface area contributed by atoms with Crippen LogP contribution < -0.4 is 0 Å². The van der Waals surface area contributed by atoms with Gasteiger partial charge in [0.15, 0.2) is 12.2 Å². The van der Waals surface area contributed by atoms with E-state index < -0.39 is 97.5 Å². The molecule has 594 valence electrons. The first-order valence-corrected chi connectivity index (χ1v) is 44.9. The van der Waals surface area contributed by atoms with Gasteiger partial charge >= 0.3 is 39.5 Å². The van der Waals surface area contributed by atoms with Gasteiger partial charge in [-0.25, -0.2) is 9.13 Å². The number of ether oxygens (including phenoxy) is 4. The second-order valence-corrected chi connectivity index (χ2v) is 33.3. The van der Waals surface area contributed by atoms with Crippen molar-refractivity contribution >= 4 is 39.5 Å². The van der Waals surface area contributed by atoms with Gasteiger partial charge in [0.05, 0.1) is 26.4 Å². The summed E-state index contributed by atoms with van der Waals surface area (Å²) < 4.78 is 68.7. The number of phosphoric ester groups is 2. The average Bonchev–Trinajstić information content (AvgIpc) is 1.07. The van der Waals surface area contributed by atoms with E-state index in [-0.39, 0.29) is 25.7 Å². The number of hydrogen-bond acceptors (Lipinski definition) is 15. The molecule has 3 unspecified atom stereocenters.